The second-order valence-electron chi connectivity index (χ2n) is 2.70. The summed E-state index contributed by atoms with van der Waals surface area (Å²) in [4.78, 5) is 0. The number of hydrogen-bond acceptors (Lipinski definition) is 1. The maximum Gasteiger partial charge on any atom is 0.00991 e. The quantitative estimate of drug-likeness (QED) is 0.470. The molecule has 1 aliphatic carbocycles. The topological polar surface area (TPSA) is 12.0 Å². The van der Waals surface area contributed by atoms with Crippen LogP contribution in [0.25, 0.3) is 0 Å². The zero-order valence-electron chi connectivity index (χ0n) is 4.48. The van der Waals surface area contributed by atoms with Crippen LogP contribution in [0.2, 0.25) is 0 Å². The van der Waals surface area contributed by atoms with Crippen molar-refractivity contribution in [3.05, 3.63) is 0 Å². The van der Waals surface area contributed by atoms with Crippen molar-refractivity contribution in [1.82, 2.24) is 5.32 Å². The molecule has 0 unspecified atom stereocenters. The average molecular weight is 97.2 g/mol. The van der Waals surface area contributed by atoms with E-state index in [0.29, 0.717) is 0 Å². The van der Waals surface area contributed by atoms with E-state index in [1.54, 1.807) is 0 Å². The van der Waals surface area contributed by atoms with Crippen molar-refractivity contribution >= 4 is 0 Å². The maximum atomic E-state index is 3.46. The monoisotopic (exact) mass is 97.1 g/mol. The van der Waals surface area contributed by atoms with Gasteiger partial charge in [-0.1, -0.05) is 0 Å². The molecular formula is C6H11N. The van der Waals surface area contributed by atoms with E-state index in [0.717, 1.165) is 12.0 Å². The van der Waals surface area contributed by atoms with E-state index in [4.69, 9.17) is 0 Å². The molecule has 1 saturated heterocycles. The third kappa shape index (κ3) is 0.556. The maximum absolute atomic E-state index is 3.46. The van der Waals surface area contributed by atoms with Crippen LogP contribution in [0.15, 0.2) is 0 Å². The van der Waals surface area contributed by atoms with Gasteiger partial charge in [0.2, 0.25) is 0 Å². The van der Waals surface area contributed by atoms with Crippen LogP contribution in [-0.2, 0) is 0 Å². The van der Waals surface area contributed by atoms with Gasteiger partial charge in [-0.2, -0.15) is 0 Å². The van der Waals surface area contributed by atoms with E-state index in [1.807, 2.05) is 0 Å². The van der Waals surface area contributed by atoms with Crippen molar-refractivity contribution in [1.29, 1.82) is 0 Å². The number of fused-ring (bicyclic) bond motifs is 1. The molecule has 2 fully saturated rings. The molecule has 0 aromatic rings. The first-order valence-corrected chi connectivity index (χ1v) is 3.20. The van der Waals surface area contributed by atoms with Crippen LogP contribution < -0.4 is 5.32 Å². The van der Waals surface area contributed by atoms with Gasteiger partial charge < -0.3 is 5.32 Å². The first kappa shape index (κ1) is 3.90. The van der Waals surface area contributed by atoms with Crippen LogP contribution in [0, 0.1) is 5.92 Å². The molecule has 1 saturated carbocycles. The fourth-order valence-electron chi connectivity index (χ4n) is 1.47. The largest absolute Gasteiger partial charge is 0.314 e. The normalized spacial score (nSPS) is 48.0. The van der Waals surface area contributed by atoms with Gasteiger partial charge in [-0.25, -0.2) is 0 Å². The summed E-state index contributed by atoms with van der Waals surface area (Å²) in [5, 5.41) is 3.46. The molecule has 0 spiro atoms. The van der Waals surface area contributed by atoms with Crippen molar-refractivity contribution in [2.24, 2.45) is 5.92 Å². The Bertz CT molecular complexity index is 70.2. The fourth-order valence-corrected chi connectivity index (χ4v) is 1.47. The van der Waals surface area contributed by atoms with Crippen molar-refractivity contribution in [3.63, 3.8) is 0 Å². The summed E-state index contributed by atoms with van der Waals surface area (Å²) in [6.45, 7) is 1.28. The third-order valence-corrected chi connectivity index (χ3v) is 2.08. The van der Waals surface area contributed by atoms with Crippen molar-refractivity contribution in [2.75, 3.05) is 6.54 Å². The van der Waals surface area contributed by atoms with Gasteiger partial charge in [-0.15, -0.1) is 0 Å². The number of piperidine rings is 1. The van der Waals surface area contributed by atoms with Crippen LogP contribution in [0.1, 0.15) is 19.3 Å². The van der Waals surface area contributed by atoms with Gasteiger partial charge in [0, 0.05) is 6.04 Å². The Morgan fingerprint density at radius 1 is 1.43 bits per heavy atom. The summed E-state index contributed by atoms with van der Waals surface area (Å²) in [5.74, 6) is 1.09. The van der Waals surface area contributed by atoms with E-state index in [-0.39, 0.29) is 0 Å². The lowest BCUT2D eigenvalue weighted by molar-refractivity contribution is 0.505. The third-order valence-electron chi connectivity index (χ3n) is 2.08. The Morgan fingerprint density at radius 3 is 3.00 bits per heavy atom. The van der Waals surface area contributed by atoms with Gasteiger partial charge in [0.25, 0.3) is 0 Å². The molecule has 1 aliphatic heterocycles. The Hall–Kier alpha value is -0.0400. The SMILES string of the molecule is C1CN[C@H]2C[C@@H]2C1. The Balaban J connectivity index is 1.95. The average Bonchev–Trinajstić information content (AvgIpc) is 2.41. The van der Waals surface area contributed by atoms with Crippen LogP contribution in [0.5, 0.6) is 0 Å². The molecule has 1 N–H and O–H groups in total. The highest BCUT2D eigenvalue weighted by atomic mass is 15.0. The zero-order chi connectivity index (χ0) is 4.69. The summed E-state index contributed by atoms with van der Waals surface area (Å²) in [6, 6.07) is 0.953. The molecule has 0 radical (unpaired) electrons. The summed E-state index contributed by atoms with van der Waals surface area (Å²) in [7, 11) is 0. The number of rotatable bonds is 0. The van der Waals surface area contributed by atoms with E-state index in [2.05, 4.69) is 5.32 Å². The number of hydrogen-bond donors (Lipinski definition) is 1. The molecule has 0 aromatic carbocycles. The van der Waals surface area contributed by atoms with E-state index in [9.17, 15) is 0 Å². The highest BCUT2D eigenvalue weighted by molar-refractivity contribution is 4.95. The molecule has 0 bridgehead atoms. The molecule has 2 rings (SSSR count). The highest BCUT2D eigenvalue weighted by Crippen LogP contribution is 2.36. The summed E-state index contributed by atoms with van der Waals surface area (Å²) >= 11 is 0. The molecule has 40 valence electrons. The lowest BCUT2D eigenvalue weighted by Crippen LogP contribution is -2.23. The van der Waals surface area contributed by atoms with Gasteiger partial charge in [0.1, 0.15) is 0 Å². The summed E-state index contributed by atoms with van der Waals surface area (Å²) in [5.41, 5.74) is 0. The van der Waals surface area contributed by atoms with Crippen molar-refractivity contribution in [2.45, 2.75) is 25.3 Å². The van der Waals surface area contributed by atoms with Crippen LogP contribution in [0.3, 0.4) is 0 Å². The molecule has 2 atom stereocenters. The summed E-state index contributed by atoms with van der Waals surface area (Å²) < 4.78 is 0. The standard InChI is InChI=1S/C6H11N/c1-2-5-4-6(5)7-3-1/h5-7H,1-4H2/t5-,6-/m0/s1. The summed E-state index contributed by atoms with van der Waals surface area (Å²) in [6.07, 6.45) is 4.39. The second-order valence-corrected chi connectivity index (χ2v) is 2.70. The molecule has 1 heteroatoms. The molecule has 0 amide bonds. The lowest BCUT2D eigenvalue weighted by atomic mass is 10.2. The van der Waals surface area contributed by atoms with Gasteiger partial charge in [0.05, 0.1) is 0 Å². The minimum absolute atomic E-state index is 0.953. The molecule has 1 heterocycles. The predicted molar refractivity (Wildman–Crippen MR) is 29.1 cm³/mol. The van der Waals surface area contributed by atoms with Gasteiger partial charge in [-0.05, 0) is 31.7 Å². The van der Waals surface area contributed by atoms with E-state index < -0.39 is 0 Å². The lowest BCUT2D eigenvalue weighted by Gasteiger charge is -2.08. The molecule has 1 nitrogen and oxygen atoms in total. The smallest absolute Gasteiger partial charge is 0.00991 e. The molecule has 7 heavy (non-hydrogen) atoms. The van der Waals surface area contributed by atoms with E-state index >= 15 is 0 Å². The second kappa shape index (κ2) is 1.22. The minimum atomic E-state index is 0.953. The molecular weight excluding hydrogens is 86.1 g/mol. The van der Waals surface area contributed by atoms with Gasteiger partial charge in [0.15, 0.2) is 0 Å². The van der Waals surface area contributed by atoms with Crippen LogP contribution in [-0.4, -0.2) is 12.6 Å². The first-order chi connectivity index (χ1) is 3.47. The Morgan fingerprint density at radius 2 is 2.43 bits per heavy atom. The zero-order valence-corrected chi connectivity index (χ0v) is 4.48. The molecule has 0 aromatic heterocycles. The minimum Gasteiger partial charge on any atom is -0.314 e. The van der Waals surface area contributed by atoms with E-state index in [1.165, 1.54) is 25.8 Å². The number of nitrogens with one attached hydrogen (secondary N) is 1. The van der Waals surface area contributed by atoms with Crippen molar-refractivity contribution in [3.8, 4) is 0 Å². The fraction of sp³-hybridized carbons (Fsp3) is 1.00. The Kier molecular flexibility index (Phi) is 0.680. The van der Waals surface area contributed by atoms with Crippen molar-refractivity contribution < 1.29 is 0 Å². The first-order valence-electron chi connectivity index (χ1n) is 3.20. The molecule has 2 aliphatic rings. The van der Waals surface area contributed by atoms with Crippen LogP contribution in [0.4, 0.5) is 0 Å². The predicted octanol–water partition coefficient (Wildman–Crippen LogP) is 0.758. The van der Waals surface area contributed by atoms with Gasteiger partial charge >= 0.3 is 0 Å². The highest BCUT2D eigenvalue weighted by Gasteiger charge is 2.37. The van der Waals surface area contributed by atoms with Crippen LogP contribution >= 0.6 is 0 Å². The Labute approximate surface area is 44.1 Å². The van der Waals surface area contributed by atoms with Gasteiger partial charge in [-0.3, -0.25) is 0 Å².